The van der Waals surface area contributed by atoms with E-state index in [9.17, 15) is 8.78 Å². The molecule has 1 aromatic rings. The third kappa shape index (κ3) is 3.51. The second-order valence-corrected chi connectivity index (χ2v) is 6.45. The van der Waals surface area contributed by atoms with Gasteiger partial charge in [-0.3, -0.25) is 0 Å². The molecule has 1 fully saturated rings. The lowest BCUT2D eigenvalue weighted by Crippen LogP contribution is -2.25. The van der Waals surface area contributed by atoms with Gasteiger partial charge in [-0.25, -0.2) is 0 Å². The number of rotatable bonds is 5. The van der Waals surface area contributed by atoms with Crippen LogP contribution in [0.1, 0.15) is 26.7 Å². The minimum absolute atomic E-state index is 0.0931. The quantitative estimate of drug-likeness (QED) is 0.774. The van der Waals surface area contributed by atoms with E-state index in [-0.39, 0.29) is 17.2 Å². The molecule has 0 heterocycles. The Bertz CT molecular complexity index is 480. The van der Waals surface area contributed by atoms with E-state index in [2.05, 4.69) is 32.9 Å². The van der Waals surface area contributed by atoms with Crippen molar-refractivity contribution in [3.8, 4) is 5.75 Å². The molecule has 0 radical (unpaired) electrons. The SMILES string of the molecule is CC(Nc1cc(Cl)cc(Br)c1OC(F)F)C1(C)CC1. The van der Waals surface area contributed by atoms with Crippen LogP contribution in [0.3, 0.4) is 0 Å². The molecule has 0 amide bonds. The van der Waals surface area contributed by atoms with E-state index in [1.165, 1.54) is 6.07 Å². The molecule has 0 aromatic heterocycles. The molecule has 1 saturated carbocycles. The molecule has 1 unspecified atom stereocenters. The van der Waals surface area contributed by atoms with Gasteiger partial charge < -0.3 is 10.1 Å². The Labute approximate surface area is 124 Å². The van der Waals surface area contributed by atoms with Crippen molar-refractivity contribution < 1.29 is 13.5 Å². The van der Waals surface area contributed by atoms with Crippen molar-refractivity contribution in [2.24, 2.45) is 5.41 Å². The van der Waals surface area contributed by atoms with E-state index in [1.54, 1.807) is 6.07 Å². The number of benzene rings is 1. The van der Waals surface area contributed by atoms with Crippen molar-refractivity contribution in [3.05, 3.63) is 21.6 Å². The highest BCUT2D eigenvalue weighted by atomic mass is 79.9. The molecule has 0 saturated heterocycles. The predicted octanol–water partition coefficient (Wildman–Crippen LogP) is 5.30. The van der Waals surface area contributed by atoms with Crippen LogP contribution in [0.4, 0.5) is 14.5 Å². The predicted molar refractivity (Wildman–Crippen MR) is 76.2 cm³/mol. The smallest absolute Gasteiger partial charge is 0.387 e. The van der Waals surface area contributed by atoms with Crippen molar-refractivity contribution in [3.63, 3.8) is 0 Å². The largest absolute Gasteiger partial charge is 0.431 e. The summed E-state index contributed by atoms with van der Waals surface area (Å²) >= 11 is 9.16. The van der Waals surface area contributed by atoms with Gasteiger partial charge in [-0.15, -0.1) is 0 Å². The van der Waals surface area contributed by atoms with Crippen LogP contribution in [-0.2, 0) is 0 Å². The zero-order valence-electron chi connectivity index (χ0n) is 10.6. The summed E-state index contributed by atoms with van der Waals surface area (Å²) < 4.78 is 29.9. The molecule has 1 aromatic carbocycles. The number of alkyl halides is 2. The number of ether oxygens (including phenoxy) is 1. The zero-order chi connectivity index (χ0) is 14.2. The first-order valence-corrected chi connectivity index (χ1v) is 7.19. The lowest BCUT2D eigenvalue weighted by molar-refractivity contribution is -0.0499. The number of nitrogens with one attached hydrogen (secondary N) is 1. The van der Waals surface area contributed by atoms with E-state index in [1.807, 2.05) is 6.92 Å². The molecule has 6 heteroatoms. The fourth-order valence-electron chi connectivity index (χ4n) is 1.91. The normalized spacial score (nSPS) is 18.3. The van der Waals surface area contributed by atoms with E-state index in [0.29, 0.717) is 15.2 Å². The van der Waals surface area contributed by atoms with Gasteiger partial charge in [0.25, 0.3) is 0 Å². The Morgan fingerprint density at radius 1 is 1.42 bits per heavy atom. The number of hydrogen-bond donors (Lipinski definition) is 1. The van der Waals surface area contributed by atoms with Crippen molar-refractivity contribution in [1.82, 2.24) is 0 Å². The third-order valence-corrected chi connectivity index (χ3v) is 4.48. The molecule has 0 spiro atoms. The fourth-order valence-corrected chi connectivity index (χ4v) is 2.82. The van der Waals surface area contributed by atoms with E-state index >= 15 is 0 Å². The number of hydrogen-bond acceptors (Lipinski definition) is 2. The Kier molecular flexibility index (Phi) is 4.26. The summed E-state index contributed by atoms with van der Waals surface area (Å²) in [6, 6.07) is 3.30. The molecule has 1 atom stereocenters. The summed E-state index contributed by atoms with van der Waals surface area (Å²) in [6.07, 6.45) is 2.27. The van der Waals surface area contributed by atoms with Gasteiger partial charge in [-0.05, 0) is 53.2 Å². The number of halogens is 4. The summed E-state index contributed by atoms with van der Waals surface area (Å²) in [7, 11) is 0. The molecular formula is C13H15BrClF2NO. The molecule has 0 aliphatic heterocycles. The maximum absolute atomic E-state index is 12.5. The Balaban J connectivity index is 2.26. The second kappa shape index (κ2) is 5.44. The topological polar surface area (TPSA) is 21.3 Å². The average molecular weight is 355 g/mol. The maximum atomic E-state index is 12.5. The minimum Gasteiger partial charge on any atom is -0.431 e. The van der Waals surface area contributed by atoms with Crippen LogP contribution in [0.2, 0.25) is 5.02 Å². The van der Waals surface area contributed by atoms with Gasteiger partial charge in [-0.1, -0.05) is 18.5 Å². The molecule has 106 valence electrons. The molecule has 1 aliphatic carbocycles. The first-order valence-electron chi connectivity index (χ1n) is 6.02. The van der Waals surface area contributed by atoms with Crippen LogP contribution >= 0.6 is 27.5 Å². The summed E-state index contributed by atoms with van der Waals surface area (Å²) in [6.45, 7) is 1.33. The van der Waals surface area contributed by atoms with Gasteiger partial charge >= 0.3 is 6.61 Å². The molecule has 2 nitrogen and oxygen atoms in total. The van der Waals surface area contributed by atoms with Gasteiger partial charge in [0, 0.05) is 11.1 Å². The van der Waals surface area contributed by atoms with E-state index < -0.39 is 6.61 Å². The maximum Gasteiger partial charge on any atom is 0.387 e. The Morgan fingerprint density at radius 3 is 2.58 bits per heavy atom. The highest BCUT2D eigenvalue weighted by Gasteiger charge is 2.42. The van der Waals surface area contributed by atoms with Gasteiger partial charge in [0.15, 0.2) is 5.75 Å². The summed E-state index contributed by atoms with van der Waals surface area (Å²) in [4.78, 5) is 0. The Hall–Kier alpha value is -0.550. The van der Waals surface area contributed by atoms with Crippen LogP contribution in [0.15, 0.2) is 16.6 Å². The van der Waals surface area contributed by atoms with Crippen molar-refractivity contribution in [2.45, 2.75) is 39.3 Å². The molecule has 2 rings (SSSR count). The van der Waals surface area contributed by atoms with Crippen LogP contribution in [0, 0.1) is 5.41 Å². The molecule has 1 N–H and O–H groups in total. The van der Waals surface area contributed by atoms with Crippen LogP contribution in [0.5, 0.6) is 5.75 Å². The monoisotopic (exact) mass is 353 g/mol. The van der Waals surface area contributed by atoms with E-state index in [4.69, 9.17) is 11.6 Å². The number of anilines is 1. The summed E-state index contributed by atoms with van der Waals surface area (Å²) in [5.74, 6) is 0.0931. The lowest BCUT2D eigenvalue weighted by atomic mass is 10.0. The Morgan fingerprint density at radius 2 is 2.05 bits per heavy atom. The minimum atomic E-state index is -2.87. The van der Waals surface area contributed by atoms with Crippen LogP contribution in [0.25, 0.3) is 0 Å². The van der Waals surface area contributed by atoms with E-state index in [0.717, 1.165) is 12.8 Å². The second-order valence-electron chi connectivity index (χ2n) is 5.16. The highest BCUT2D eigenvalue weighted by Crippen LogP contribution is 2.50. The van der Waals surface area contributed by atoms with Crippen molar-refractivity contribution >= 4 is 33.2 Å². The zero-order valence-corrected chi connectivity index (χ0v) is 13.0. The summed E-state index contributed by atoms with van der Waals surface area (Å²) in [5, 5.41) is 3.69. The van der Waals surface area contributed by atoms with Gasteiger partial charge in [-0.2, -0.15) is 8.78 Å². The molecular weight excluding hydrogens is 340 g/mol. The van der Waals surface area contributed by atoms with Gasteiger partial charge in [0.05, 0.1) is 10.2 Å². The van der Waals surface area contributed by atoms with Crippen LogP contribution in [-0.4, -0.2) is 12.7 Å². The lowest BCUT2D eigenvalue weighted by Gasteiger charge is -2.24. The first-order chi connectivity index (χ1) is 8.82. The molecule has 1 aliphatic rings. The van der Waals surface area contributed by atoms with Crippen molar-refractivity contribution in [2.75, 3.05) is 5.32 Å². The fraction of sp³-hybridized carbons (Fsp3) is 0.538. The standard InChI is InChI=1S/C13H15BrClF2NO/c1-7(13(2)3-4-13)18-10-6-8(15)5-9(14)11(10)19-12(16)17/h5-7,12,18H,3-4H2,1-2H3. The van der Waals surface area contributed by atoms with Gasteiger partial charge in [0.1, 0.15) is 0 Å². The van der Waals surface area contributed by atoms with Crippen LogP contribution < -0.4 is 10.1 Å². The highest BCUT2D eigenvalue weighted by molar-refractivity contribution is 9.10. The summed E-state index contributed by atoms with van der Waals surface area (Å²) in [5.41, 5.74) is 0.706. The molecule has 19 heavy (non-hydrogen) atoms. The van der Waals surface area contributed by atoms with Gasteiger partial charge in [0.2, 0.25) is 0 Å². The third-order valence-electron chi connectivity index (χ3n) is 3.67. The first kappa shape index (κ1) is 14.9. The van der Waals surface area contributed by atoms with Crippen molar-refractivity contribution in [1.29, 1.82) is 0 Å². The molecule has 0 bridgehead atoms. The average Bonchev–Trinajstić information content (AvgIpc) is 3.02.